The zero-order chi connectivity index (χ0) is 17.6. The van der Waals surface area contributed by atoms with Crippen molar-refractivity contribution in [1.82, 2.24) is 9.80 Å². The summed E-state index contributed by atoms with van der Waals surface area (Å²) in [6, 6.07) is 8.34. The Morgan fingerprint density at radius 1 is 1.04 bits per heavy atom. The van der Waals surface area contributed by atoms with Crippen LogP contribution in [-0.2, 0) is 0 Å². The molecule has 0 spiro atoms. The molecule has 2 aliphatic rings. The van der Waals surface area contributed by atoms with Gasteiger partial charge in [0.15, 0.2) is 0 Å². The molecule has 1 aromatic rings. The Hall–Kier alpha value is -1.75. The maximum Gasteiger partial charge on any atom is 0.321 e. The lowest BCUT2D eigenvalue weighted by Gasteiger charge is -2.34. The molecular formula is C20H32N4O. The normalized spacial score (nSPS) is 19.9. The Bertz CT molecular complexity index is 543. The third-order valence-electron chi connectivity index (χ3n) is 5.47. The highest BCUT2D eigenvalue weighted by molar-refractivity contribution is 5.89. The van der Waals surface area contributed by atoms with Crippen molar-refractivity contribution in [2.75, 3.05) is 56.0 Å². The van der Waals surface area contributed by atoms with Crippen LogP contribution in [0.1, 0.15) is 33.1 Å². The third-order valence-corrected chi connectivity index (χ3v) is 5.47. The maximum atomic E-state index is 12.4. The molecule has 2 fully saturated rings. The van der Waals surface area contributed by atoms with Crippen LogP contribution < -0.4 is 10.2 Å². The van der Waals surface area contributed by atoms with Gasteiger partial charge in [-0.05, 0) is 56.0 Å². The molecule has 2 heterocycles. The minimum absolute atomic E-state index is 0.0238. The van der Waals surface area contributed by atoms with E-state index >= 15 is 0 Å². The van der Waals surface area contributed by atoms with Crippen LogP contribution in [0.15, 0.2) is 24.3 Å². The van der Waals surface area contributed by atoms with E-state index in [9.17, 15) is 4.79 Å². The number of urea groups is 1. The lowest BCUT2D eigenvalue weighted by atomic mass is 9.99. The smallest absolute Gasteiger partial charge is 0.321 e. The highest BCUT2D eigenvalue weighted by Gasteiger charge is 2.21. The monoisotopic (exact) mass is 344 g/mol. The summed E-state index contributed by atoms with van der Waals surface area (Å²) in [7, 11) is 0. The molecule has 5 nitrogen and oxygen atoms in total. The van der Waals surface area contributed by atoms with E-state index in [0.717, 1.165) is 57.4 Å². The van der Waals surface area contributed by atoms with Crippen molar-refractivity contribution in [3.8, 4) is 0 Å². The minimum Gasteiger partial charge on any atom is -0.372 e. The first-order chi connectivity index (χ1) is 12.2. The molecule has 1 N–H and O–H groups in total. The van der Waals surface area contributed by atoms with Gasteiger partial charge in [-0.2, -0.15) is 0 Å². The molecule has 0 atom stereocenters. The van der Waals surface area contributed by atoms with Gasteiger partial charge >= 0.3 is 6.03 Å². The second-order valence-corrected chi connectivity index (χ2v) is 7.48. The predicted octanol–water partition coefficient (Wildman–Crippen LogP) is 3.48. The van der Waals surface area contributed by atoms with E-state index in [1.54, 1.807) is 0 Å². The molecular weight excluding hydrogens is 312 g/mol. The van der Waals surface area contributed by atoms with Gasteiger partial charge in [0.05, 0.1) is 0 Å². The van der Waals surface area contributed by atoms with Crippen LogP contribution >= 0.6 is 0 Å². The zero-order valence-electron chi connectivity index (χ0n) is 15.7. The summed E-state index contributed by atoms with van der Waals surface area (Å²) in [4.78, 5) is 19.2. The molecule has 1 aromatic carbocycles. The van der Waals surface area contributed by atoms with E-state index in [2.05, 4.69) is 41.1 Å². The van der Waals surface area contributed by atoms with Crippen LogP contribution in [0.3, 0.4) is 0 Å². The first-order valence-corrected chi connectivity index (χ1v) is 9.79. The number of anilines is 2. The number of rotatable bonds is 4. The van der Waals surface area contributed by atoms with Gasteiger partial charge in [-0.15, -0.1) is 0 Å². The first kappa shape index (κ1) is 18.1. The molecule has 25 heavy (non-hydrogen) atoms. The van der Waals surface area contributed by atoms with Crippen LogP contribution in [0, 0.1) is 5.92 Å². The first-order valence-electron chi connectivity index (χ1n) is 9.79. The van der Waals surface area contributed by atoms with Gasteiger partial charge in [-0.1, -0.05) is 13.8 Å². The van der Waals surface area contributed by atoms with Crippen molar-refractivity contribution in [2.24, 2.45) is 5.92 Å². The second kappa shape index (κ2) is 8.56. The summed E-state index contributed by atoms with van der Waals surface area (Å²) < 4.78 is 0. The molecule has 0 bridgehead atoms. The summed E-state index contributed by atoms with van der Waals surface area (Å²) in [5.74, 6) is 0.840. The molecule has 2 aliphatic heterocycles. The number of benzene rings is 1. The number of nitrogens with one attached hydrogen (secondary N) is 1. The largest absolute Gasteiger partial charge is 0.372 e. The number of amides is 2. The summed E-state index contributed by atoms with van der Waals surface area (Å²) >= 11 is 0. The van der Waals surface area contributed by atoms with Gasteiger partial charge in [0.2, 0.25) is 0 Å². The van der Waals surface area contributed by atoms with E-state index < -0.39 is 0 Å². The Balaban J connectivity index is 1.49. The Morgan fingerprint density at radius 3 is 2.28 bits per heavy atom. The van der Waals surface area contributed by atoms with Gasteiger partial charge < -0.3 is 15.1 Å². The lowest BCUT2D eigenvalue weighted by molar-refractivity contribution is 0.147. The molecule has 0 saturated carbocycles. The Kier molecular flexibility index (Phi) is 6.19. The van der Waals surface area contributed by atoms with Gasteiger partial charge in [0.1, 0.15) is 0 Å². The molecule has 0 aliphatic carbocycles. The average molecular weight is 345 g/mol. The molecule has 3 rings (SSSR count). The summed E-state index contributed by atoms with van der Waals surface area (Å²) in [6.07, 6.45) is 3.71. The Labute approximate surface area is 152 Å². The Morgan fingerprint density at radius 2 is 1.68 bits per heavy atom. The standard InChI is InChI=1S/C20H32N4O/c1-3-10-22-13-15-24(16-14-22)20(25)21-18-4-6-19(7-5-18)23-11-8-17(2)9-12-23/h4-7,17H,3,8-16H2,1-2H3,(H,21,25). The zero-order valence-corrected chi connectivity index (χ0v) is 15.7. The molecule has 0 aromatic heterocycles. The van der Waals surface area contributed by atoms with Gasteiger partial charge in [-0.25, -0.2) is 4.79 Å². The predicted molar refractivity (Wildman–Crippen MR) is 104 cm³/mol. The van der Waals surface area contributed by atoms with Crippen LogP contribution in [0.5, 0.6) is 0 Å². The van der Waals surface area contributed by atoms with Gasteiger partial charge in [0, 0.05) is 50.6 Å². The van der Waals surface area contributed by atoms with E-state index in [4.69, 9.17) is 0 Å². The van der Waals surface area contributed by atoms with E-state index in [1.807, 2.05) is 17.0 Å². The average Bonchev–Trinajstić information content (AvgIpc) is 2.64. The number of carbonyl (C=O) groups excluding carboxylic acids is 1. The maximum absolute atomic E-state index is 12.4. The third kappa shape index (κ3) is 4.88. The highest BCUT2D eigenvalue weighted by atomic mass is 16.2. The van der Waals surface area contributed by atoms with Crippen LogP contribution in [0.2, 0.25) is 0 Å². The van der Waals surface area contributed by atoms with Crippen molar-refractivity contribution in [3.63, 3.8) is 0 Å². The van der Waals surface area contributed by atoms with Crippen molar-refractivity contribution >= 4 is 17.4 Å². The molecule has 2 saturated heterocycles. The number of hydrogen-bond donors (Lipinski definition) is 1. The van der Waals surface area contributed by atoms with E-state index in [1.165, 1.54) is 24.9 Å². The number of piperidine rings is 1. The van der Waals surface area contributed by atoms with Crippen LogP contribution in [0.4, 0.5) is 16.2 Å². The van der Waals surface area contributed by atoms with Crippen molar-refractivity contribution < 1.29 is 4.79 Å². The second-order valence-electron chi connectivity index (χ2n) is 7.48. The fourth-order valence-electron chi connectivity index (χ4n) is 3.72. The molecule has 0 unspecified atom stereocenters. The van der Waals surface area contributed by atoms with Crippen LogP contribution in [0.25, 0.3) is 0 Å². The number of nitrogens with zero attached hydrogens (tertiary/aromatic N) is 3. The van der Waals surface area contributed by atoms with Crippen molar-refractivity contribution in [3.05, 3.63) is 24.3 Å². The minimum atomic E-state index is 0.0238. The summed E-state index contributed by atoms with van der Waals surface area (Å²) in [5.41, 5.74) is 2.15. The molecule has 0 radical (unpaired) electrons. The molecule has 2 amide bonds. The highest BCUT2D eigenvalue weighted by Crippen LogP contribution is 2.24. The van der Waals surface area contributed by atoms with Crippen molar-refractivity contribution in [2.45, 2.75) is 33.1 Å². The summed E-state index contributed by atoms with van der Waals surface area (Å²) in [5, 5.41) is 3.05. The fourth-order valence-corrected chi connectivity index (χ4v) is 3.72. The van der Waals surface area contributed by atoms with Crippen molar-refractivity contribution in [1.29, 1.82) is 0 Å². The lowest BCUT2D eigenvalue weighted by Crippen LogP contribution is -2.50. The van der Waals surface area contributed by atoms with E-state index in [0.29, 0.717) is 0 Å². The number of carbonyl (C=O) groups is 1. The topological polar surface area (TPSA) is 38.8 Å². The summed E-state index contributed by atoms with van der Waals surface area (Å²) in [6.45, 7) is 11.5. The number of piperazine rings is 1. The molecule has 5 heteroatoms. The fraction of sp³-hybridized carbons (Fsp3) is 0.650. The van der Waals surface area contributed by atoms with E-state index in [-0.39, 0.29) is 6.03 Å². The SMILES string of the molecule is CCCN1CCN(C(=O)Nc2ccc(N3CCC(C)CC3)cc2)CC1. The molecule has 138 valence electrons. The quantitative estimate of drug-likeness (QED) is 0.909. The number of hydrogen-bond acceptors (Lipinski definition) is 3. The van der Waals surface area contributed by atoms with Crippen LogP contribution in [-0.4, -0.2) is 61.6 Å². The van der Waals surface area contributed by atoms with Gasteiger partial charge in [0.25, 0.3) is 0 Å². The van der Waals surface area contributed by atoms with Gasteiger partial charge in [-0.3, -0.25) is 4.90 Å².